The van der Waals surface area contributed by atoms with Gasteiger partial charge in [-0.1, -0.05) is 12.1 Å². The third kappa shape index (κ3) is 4.76. The molecule has 0 radical (unpaired) electrons. The molecule has 0 aliphatic rings. The molecule has 132 valence electrons. The average Bonchev–Trinajstić information content (AvgIpc) is 2.55. The van der Waals surface area contributed by atoms with Gasteiger partial charge in [-0.3, -0.25) is 0 Å². The van der Waals surface area contributed by atoms with E-state index in [2.05, 4.69) is 25.9 Å². The highest BCUT2D eigenvalue weighted by Gasteiger charge is 2.29. The zero-order valence-electron chi connectivity index (χ0n) is 14.3. The lowest BCUT2D eigenvalue weighted by atomic mass is 10.1. The number of aromatic nitrogens is 2. The van der Waals surface area contributed by atoms with E-state index in [0.29, 0.717) is 10.3 Å². The first-order chi connectivity index (χ1) is 11.7. The quantitative estimate of drug-likeness (QED) is 0.712. The van der Waals surface area contributed by atoms with Crippen molar-refractivity contribution in [3.8, 4) is 0 Å². The van der Waals surface area contributed by atoms with E-state index in [4.69, 9.17) is 9.47 Å². The molecular weight excluding hydrogens is 390 g/mol. The van der Waals surface area contributed by atoms with Crippen LogP contribution in [0.1, 0.15) is 31.1 Å². The van der Waals surface area contributed by atoms with Gasteiger partial charge in [0.15, 0.2) is 5.82 Å². The van der Waals surface area contributed by atoms with Gasteiger partial charge in [0.1, 0.15) is 10.2 Å². The molecule has 0 unspecified atom stereocenters. The molecular formula is C17H18BrN3O4. The number of hydrogen-bond acceptors (Lipinski definition) is 6. The van der Waals surface area contributed by atoms with Gasteiger partial charge in [0.05, 0.1) is 30.8 Å². The molecule has 1 aromatic carbocycles. The van der Waals surface area contributed by atoms with Crippen LogP contribution in [0, 0.1) is 0 Å². The molecule has 0 N–H and O–H groups in total. The summed E-state index contributed by atoms with van der Waals surface area (Å²) in [6, 6.07) is 6.55. The van der Waals surface area contributed by atoms with Gasteiger partial charge in [-0.05, 0) is 48.8 Å². The number of nitrogens with zero attached hydrogens (tertiary/aromatic N) is 3. The summed E-state index contributed by atoms with van der Waals surface area (Å²) in [5, 5.41) is 0. The van der Waals surface area contributed by atoms with Gasteiger partial charge in [0.2, 0.25) is 0 Å². The van der Waals surface area contributed by atoms with E-state index in [-0.39, 0.29) is 11.4 Å². The monoisotopic (exact) mass is 407 g/mol. The Labute approximate surface area is 154 Å². The second-order valence-electron chi connectivity index (χ2n) is 6.02. The highest BCUT2D eigenvalue weighted by molar-refractivity contribution is 9.10. The van der Waals surface area contributed by atoms with E-state index in [1.165, 1.54) is 24.4 Å². The Morgan fingerprint density at radius 3 is 2.36 bits per heavy atom. The number of carbonyl (C=O) groups is 2. The van der Waals surface area contributed by atoms with E-state index < -0.39 is 17.7 Å². The fraction of sp³-hybridized carbons (Fsp3) is 0.294. The van der Waals surface area contributed by atoms with Crippen molar-refractivity contribution in [2.75, 3.05) is 12.0 Å². The zero-order chi connectivity index (χ0) is 18.6. The number of anilines is 2. The van der Waals surface area contributed by atoms with Crippen LogP contribution in [0.3, 0.4) is 0 Å². The number of para-hydroxylation sites is 1. The maximum absolute atomic E-state index is 12.8. The first-order valence-electron chi connectivity index (χ1n) is 7.41. The van der Waals surface area contributed by atoms with Crippen LogP contribution in [-0.4, -0.2) is 34.7 Å². The molecule has 0 atom stereocenters. The van der Waals surface area contributed by atoms with Crippen molar-refractivity contribution in [2.24, 2.45) is 0 Å². The molecule has 25 heavy (non-hydrogen) atoms. The first kappa shape index (κ1) is 18.9. The average molecular weight is 408 g/mol. The molecule has 8 heteroatoms. The molecule has 0 saturated heterocycles. The number of benzene rings is 1. The molecule has 0 saturated carbocycles. The summed E-state index contributed by atoms with van der Waals surface area (Å²) in [7, 11) is 1.27. The van der Waals surface area contributed by atoms with Gasteiger partial charge < -0.3 is 9.47 Å². The summed E-state index contributed by atoms with van der Waals surface area (Å²) >= 11 is 3.20. The number of amides is 1. The number of methoxy groups -OCH3 is 1. The fourth-order valence-corrected chi connectivity index (χ4v) is 2.20. The number of hydrogen-bond donors (Lipinski definition) is 0. The molecule has 1 aromatic heterocycles. The van der Waals surface area contributed by atoms with Crippen LogP contribution >= 0.6 is 15.9 Å². The Bertz CT molecular complexity index is 772. The minimum atomic E-state index is -0.724. The van der Waals surface area contributed by atoms with Gasteiger partial charge >= 0.3 is 12.1 Å². The van der Waals surface area contributed by atoms with E-state index in [1.807, 2.05) is 0 Å². The fourth-order valence-electron chi connectivity index (χ4n) is 1.99. The van der Waals surface area contributed by atoms with Gasteiger partial charge in [-0.25, -0.2) is 24.5 Å². The van der Waals surface area contributed by atoms with Crippen LogP contribution < -0.4 is 4.90 Å². The summed E-state index contributed by atoms with van der Waals surface area (Å²) in [5.74, 6) is -0.358. The second-order valence-corrected chi connectivity index (χ2v) is 6.83. The Kier molecular flexibility index (Phi) is 5.73. The topological polar surface area (TPSA) is 81.6 Å². The molecule has 1 amide bonds. The van der Waals surface area contributed by atoms with Gasteiger partial charge in [0.25, 0.3) is 0 Å². The van der Waals surface area contributed by atoms with Crippen molar-refractivity contribution in [2.45, 2.75) is 26.4 Å². The van der Waals surface area contributed by atoms with Crippen LogP contribution in [0.4, 0.5) is 16.3 Å². The van der Waals surface area contributed by atoms with E-state index in [0.717, 1.165) is 0 Å². The van der Waals surface area contributed by atoms with E-state index in [9.17, 15) is 9.59 Å². The van der Waals surface area contributed by atoms with E-state index >= 15 is 0 Å². The Morgan fingerprint density at radius 1 is 1.12 bits per heavy atom. The van der Waals surface area contributed by atoms with Gasteiger partial charge in [-0.15, -0.1) is 0 Å². The summed E-state index contributed by atoms with van der Waals surface area (Å²) in [6.07, 6.45) is 2.18. The molecule has 0 spiro atoms. The number of esters is 1. The highest BCUT2D eigenvalue weighted by Crippen LogP contribution is 2.29. The molecule has 0 bridgehead atoms. The van der Waals surface area contributed by atoms with Crippen LogP contribution in [-0.2, 0) is 9.47 Å². The molecule has 1 heterocycles. The number of ether oxygens (including phenoxy) is 2. The summed E-state index contributed by atoms with van der Waals surface area (Å²) in [4.78, 5) is 34.3. The van der Waals surface area contributed by atoms with Crippen LogP contribution in [0.25, 0.3) is 0 Å². The molecule has 2 aromatic rings. The summed E-state index contributed by atoms with van der Waals surface area (Å²) in [5.41, 5.74) is -0.223. The maximum Gasteiger partial charge on any atom is 0.420 e. The lowest BCUT2D eigenvalue weighted by Gasteiger charge is -2.27. The van der Waals surface area contributed by atoms with Crippen LogP contribution in [0.5, 0.6) is 0 Å². The van der Waals surface area contributed by atoms with Crippen molar-refractivity contribution >= 4 is 39.5 Å². The molecule has 0 aliphatic heterocycles. The molecule has 0 aliphatic carbocycles. The van der Waals surface area contributed by atoms with Crippen LogP contribution in [0.2, 0.25) is 0 Å². The third-order valence-electron chi connectivity index (χ3n) is 2.96. The molecule has 0 fully saturated rings. The minimum Gasteiger partial charge on any atom is -0.465 e. The van der Waals surface area contributed by atoms with Crippen molar-refractivity contribution < 1.29 is 19.1 Å². The van der Waals surface area contributed by atoms with Crippen molar-refractivity contribution in [1.82, 2.24) is 9.97 Å². The largest absolute Gasteiger partial charge is 0.465 e. The summed E-state index contributed by atoms with van der Waals surface area (Å²) in [6.45, 7) is 5.26. The minimum absolute atomic E-state index is 0.209. The number of halogens is 1. The SMILES string of the molecule is COC(=O)c1ccccc1N(C(=O)OC(C)(C)C)c1cnc(Br)cn1. The second kappa shape index (κ2) is 7.60. The molecule has 7 nitrogen and oxygen atoms in total. The van der Waals surface area contributed by atoms with Crippen molar-refractivity contribution in [3.05, 3.63) is 46.8 Å². The Morgan fingerprint density at radius 2 is 1.80 bits per heavy atom. The maximum atomic E-state index is 12.8. The summed E-state index contributed by atoms with van der Waals surface area (Å²) < 4.78 is 10.8. The standard InChI is InChI=1S/C17H18BrN3O4/c1-17(2,3)25-16(23)21(14-10-19-13(18)9-20-14)12-8-6-5-7-11(12)15(22)24-4/h5-10H,1-4H3. The van der Waals surface area contributed by atoms with Crippen molar-refractivity contribution in [3.63, 3.8) is 0 Å². The van der Waals surface area contributed by atoms with Crippen molar-refractivity contribution in [1.29, 1.82) is 0 Å². The van der Waals surface area contributed by atoms with Crippen LogP contribution in [0.15, 0.2) is 41.3 Å². The third-order valence-corrected chi connectivity index (χ3v) is 3.37. The van der Waals surface area contributed by atoms with E-state index in [1.54, 1.807) is 45.0 Å². The Hall–Kier alpha value is -2.48. The first-order valence-corrected chi connectivity index (χ1v) is 8.20. The smallest absolute Gasteiger partial charge is 0.420 e. The predicted molar refractivity (Wildman–Crippen MR) is 95.9 cm³/mol. The normalized spacial score (nSPS) is 10.9. The van der Waals surface area contributed by atoms with Gasteiger partial charge in [0, 0.05) is 0 Å². The lowest BCUT2D eigenvalue weighted by molar-refractivity contribution is 0.0595. The highest BCUT2D eigenvalue weighted by atomic mass is 79.9. The lowest BCUT2D eigenvalue weighted by Crippen LogP contribution is -2.35. The molecule has 2 rings (SSSR count). The number of carbonyl (C=O) groups excluding carboxylic acids is 2. The number of rotatable bonds is 3. The zero-order valence-corrected chi connectivity index (χ0v) is 15.9. The van der Waals surface area contributed by atoms with Gasteiger partial charge in [-0.2, -0.15) is 0 Å². The predicted octanol–water partition coefficient (Wildman–Crippen LogP) is 4.10. The Balaban J connectivity index is 2.58.